The second-order valence-electron chi connectivity index (χ2n) is 4.50. The average Bonchev–Trinajstić information content (AvgIpc) is 2.46. The summed E-state index contributed by atoms with van der Waals surface area (Å²) in [6, 6.07) is 15.5. The van der Waals surface area contributed by atoms with E-state index >= 15 is 0 Å². The van der Waals surface area contributed by atoms with Crippen LogP contribution in [0.3, 0.4) is 0 Å². The highest BCUT2D eigenvalue weighted by Crippen LogP contribution is 2.27. The summed E-state index contributed by atoms with van der Waals surface area (Å²) in [6.45, 7) is 2.08. The fraction of sp³-hybridized carbons (Fsp3) is 0.188. The Labute approximate surface area is 113 Å². The van der Waals surface area contributed by atoms with E-state index in [0.29, 0.717) is 5.56 Å². The van der Waals surface area contributed by atoms with E-state index in [2.05, 4.69) is 11.0 Å². The molecule has 0 aliphatic rings. The Kier molecular flexibility index (Phi) is 3.84. The van der Waals surface area contributed by atoms with Gasteiger partial charge in [0.15, 0.2) is 0 Å². The molecule has 0 atom stereocenters. The highest BCUT2D eigenvalue weighted by atomic mass is 16.3. The van der Waals surface area contributed by atoms with Crippen molar-refractivity contribution in [2.45, 2.75) is 13.5 Å². The SMILES string of the molecule is Cc1cc(CO)ccc1N(C)c1ccc(C#N)cc1. The summed E-state index contributed by atoms with van der Waals surface area (Å²) in [7, 11) is 1.99. The zero-order valence-corrected chi connectivity index (χ0v) is 11.1. The lowest BCUT2D eigenvalue weighted by molar-refractivity contribution is 0.282. The van der Waals surface area contributed by atoms with Gasteiger partial charge in [-0.2, -0.15) is 5.26 Å². The van der Waals surface area contributed by atoms with E-state index in [0.717, 1.165) is 22.5 Å². The van der Waals surface area contributed by atoms with Crippen LogP contribution < -0.4 is 4.90 Å². The van der Waals surface area contributed by atoms with Gasteiger partial charge in [0, 0.05) is 18.4 Å². The van der Waals surface area contributed by atoms with Crippen molar-refractivity contribution in [1.82, 2.24) is 0 Å². The van der Waals surface area contributed by atoms with Gasteiger partial charge in [-0.25, -0.2) is 0 Å². The molecule has 0 aliphatic heterocycles. The smallest absolute Gasteiger partial charge is 0.0991 e. The van der Waals surface area contributed by atoms with E-state index < -0.39 is 0 Å². The Morgan fingerprint density at radius 1 is 1.16 bits per heavy atom. The minimum atomic E-state index is 0.0572. The molecule has 3 heteroatoms. The molecule has 0 saturated heterocycles. The molecule has 0 unspecified atom stereocenters. The first-order valence-corrected chi connectivity index (χ1v) is 6.10. The van der Waals surface area contributed by atoms with Gasteiger partial charge in [0.2, 0.25) is 0 Å². The van der Waals surface area contributed by atoms with Gasteiger partial charge in [-0.1, -0.05) is 12.1 Å². The zero-order valence-electron chi connectivity index (χ0n) is 11.1. The van der Waals surface area contributed by atoms with Crippen molar-refractivity contribution in [2.75, 3.05) is 11.9 Å². The predicted octanol–water partition coefficient (Wildman–Crippen LogP) is 3.13. The first-order chi connectivity index (χ1) is 9.15. The van der Waals surface area contributed by atoms with E-state index in [9.17, 15) is 0 Å². The second kappa shape index (κ2) is 5.55. The third-order valence-electron chi connectivity index (χ3n) is 3.19. The van der Waals surface area contributed by atoms with E-state index in [1.165, 1.54) is 0 Å². The number of nitriles is 1. The van der Waals surface area contributed by atoms with Crippen molar-refractivity contribution in [3.05, 3.63) is 59.2 Å². The molecule has 0 radical (unpaired) electrons. The van der Waals surface area contributed by atoms with Crippen LogP contribution >= 0.6 is 0 Å². The molecule has 0 aromatic heterocycles. The maximum atomic E-state index is 9.12. The molecule has 2 rings (SSSR count). The summed E-state index contributed by atoms with van der Waals surface area (Å²) < 4.78 is 0. The van der Waals surface area contributed by atoms with Crippen molar-refractivity contribution in [2.24, 2.45) is 0 Å². The zero-order chi connectivity index (χ0) is 13.8. The van der Waals surface area contributed by atoms with Gasteiger partial charge in [-0.15, -0.1) is 0 Å². The molecule has 96 valence electrons. The molecule has 0 bridgehead atoms. The third-order valence-corrected chi connectivity index (χ3v) is 3.19. The maximum Gasteiger partial charge on any atom is 0.0991 e. The van der Waals surface area contributed by atoms with Gasteiger partial charge in [0.25, 0.3) is 0 Å². The number of anilines is 2. The molecule has 0 spiro atoms. The Morgan fingerprint density at radius 2 is 1.84 bits per heavy atom. The van der Waals surface area contributed by atoms with Crippen LogP contribution in [0.1, 0.15) is 16.7 Å². The number of hydrogen-bond acceptors (Lipinski definition) is 3. The summed E-state index contributed by atoms with van der Waals surface area (Å²) in [5.41, 5.74) is 4.79. The molecule has 1 N–H and O–H groups in total. The minimum absolute atomic E-state index is 0.0572. The van der Waals surface area contributed by atoms with Gasteiger partial charge in [0.1, 0.15) is 0 Å². The van der Waals surface area contributed by atoms with Crippen LogP contribution in [-0.2, 0) is 6.61 Å². The van der Waals surface area contributed by atoms with Gasteiger partial charge < -0.3 is 10.0 Å². The van der Waals surface area contributed by atoms with E-state index in [1.54, 1.807) is 0 Å². The van der Waals surface area contributed by atoms with Crippen LogP contribution in [0.4, 0.5) is 11.4 Å². The number of aryl methyl sites for hydroxylation is 1. The van der Waals surface area contributed by atoms with Crippen LogP contribution in [0.2, 0.25) is 0 Å². The van der Waals surface area contributed by atoms with Gasteiger partial charge in [-0.3, -0.25) is 0 Å². The van der Waals surface area contributed by atoms with E-state index in [4.69, 9.17) is 10.4 Å². The Bertz CT molecular complexity index is 612. The van der Waals surface area contributed by atoms with E-state index in [1.807, 2.05) is 56.4 Å². The van der Waals surface area contributed by atoms with Gasteiger partial charge >= 0.3 is 0 Å². The fourth-order valence-electron chi connectivity index (χ4n) is 2.09. The number of rotatable bonds is 3. The highest BCUT2D eigenvalue weighted by Gasteiger charge is 2.07. The number of aliphatic hydroxyl groups excluding tert-OH is 1. The summed E-state index contributed by atoms with van der Waals surface area (Å²) in [5.74, 6) is 0. The van der Waals surface area contributed by atoms with Gasteiger partial charge in [-0.05, 0) is 48.4 Å². The van der Waals surface area contributed by atoms with Gasteiger partial charge in [0.05, 0.1) is 18.2 Å². The number of aliphatic hydroxyl groups is 1. The van der Waals surface area contributed by atoms with Crippen LogP contribution in [0.5, 0.6) is 0 Å². The summed E-state index contributed by atoms with van der Waals surface area (Å²) >= 11 is 0. The van der Waals surface area contributed by atoms with Crippen molar-refractivity contribution in [3.63, 3.8) is 0 Å². The lowest BCUT2D eigenvalue weighted by atomic mass is 10.1. The highest BCUT2D eigenvalue weighted by molar-refractivity contribution is 5.66. The molecule has 2 aromatic carbocycles. The molecular weight excluding hydrogens is 236 g/mol. The summed E-state index contributed by atoms with van der Waals surface area (Å²) in [4.78, 5) is 2.07. The van der Waals surface area contributed by atoms with Crippen LogP contribution in [0.15, 0.2) is 42.5 Å². The number of nitrogens with zero attached hydrogens (tertiary/aromatic N) is 2. The summed E-state index contributed by atoms with van der Waals surface area (Å²) in [5, 5.41) is 17.9. The normalized spacial score (nSPS) is 10.0. The van der Waals surface area contributed by atoms with Crippen molar-refractivity contribution >= 4 is 11.4 Å². The van der Waals surface area contributed by atoms with E-state index in [-0.39, 0.29) is 6.61 Å². The lowest BCUT2D eigenvalue weighted by Gasteiger charge is -2.22. The lowest BCUT2D eigenvalue weighted by Crippen LogP contribution is -2.11. The Morgan fingerprint density at radius 3 is 2.37 bits per heavy atom. The monoisotopic (exact) mass is 252 g/mol. The third kappa shape index (κ3) is 2.75. The molecule has 0 aliphatic carbocycles. The van der Waals surface area contributed by atoms with Crippen molar-refractivity contribution in [1.29, 1.82) is 5.26 Å². The second-order valence-corrected chi connectivity index (χ2v) is 4.50. The van der Waals surface area contributed by atoms with Crippen molar-refractivity contribution in [3.8, 4) is 6.07 Å². The molecule has 0 amide bonds. The first kappa shape index (κ1) is 13.1. The molecule has 19 heavy (non-hydrogen) atoms. The summed E-state index contributed by atoms with van der Waals surface area (Å²) in [6.07, 6.45) is 0. The first-order valence-electron chi connectivity index (χ1n) is 6.10. The Balaban J connectivity index is 2.32. The topological polar surface area (TPSA) is 47.3 Å². The van der Waals surface area contributed by atoms with Crippen LogP contribution in [0, 0.1) is 18.3 Å². The number of benzene rings is 2. The molecule has 2 aromatic rings. The number of hydrogen-bond donors (Lipinski definition) is 1. The molecular formula is C16H16N2O. The Hall–Kier alpha value is -2.31. The standard InChI is InChI=1S/C16H16N2O/c1-12-9-14(11-19)5-8-16(12)18(2)15-6-3-13(10-17)4-7-15/h3-9,19H,11H2,1-2H3. The van der Waals surface area contributed by atoms with Crippen LogP contribution in [-0.4, -0.2) is 12.2 Å². The minimum Gasteiger partial charge on any atom is -0.392 e. The van der Waals surface area contributed by atoms with Crippen molar-refractivity contribution < 1.29 is 5.11 Å². The predicted molar refractivity (Wildman–Crippen MR) is 76.3 cm³/mol. The molecule has 0 fully saturated rings. The molecule has 3 nitrogen and oxygen atoms in total. The largest absolute Gasteiger partial charge is 0.392 e. The fourth-order valence-corrected chi connectivity index (χ4v) is 2.09. The molecule has 0 saturated carbocycles. The quantitative estimate of drug-likeness (QED) is 0.913. The van der Waals surface area contributed by atoms with Crippen LogP contribution in [0.25, 0.3) is 0 Å². The molecule has 0 heterocycles. The maximum absolute atomic E-state index is 9.12. The average molecular weight is 252 g/mol.